The third kappa shape index (κ3) is 4.55. The van der Waals surface area contributed by atoms with Crippen molar-refractivity contribution < 1.29 is 9.53 Å². The molecular formula is C19H28N2O2. The first kappa shape index (κ1) is 16.5. The van der Waals surface area contributed by atoms with Crippen molar-refractivity contribution in [3.05, 3.63) is 35.4 Å². The lowest BCUT2D eigenvalue weighted by Crippen LogP contribution is -2.35. The van der Waals surface area contributed by atoms with Crippen LogP contribution in [-0.4, -0.2) is 61.6 Å². The zero-order chi connectivity index (χ0) is 16.1. The molecule has 4 nitrogen and oxygen atoms in total. The van der Waals surface area contributed by atoms with Crippen LogP contribution in [0, 0.1) is 12.8 Å². The fourth-order valence-electron chi connectivity index (χ4n) is 3.45. The Balaban J connectivity index is 1.49. The van der Waals surface area contributed by atoms with Gasteiger partial charge in [-0.2, -0.15) is 0 Å². The number of rotatable bonds is 4. The lowest BCUT2D eigenvalue weighted by atomic mass is 10.1. The molecule has 2 saturated heterocycles. The molecule has 0 spiro atoms. The first-order valence-corrected chi connectivity index (χ1v) is 8.88. The van der Waals surface area contributed by atoms with E-state index in [1.165, 1.54) is 18.4 Å². The highest BCUT2D eigenvalue weighted by atomic mass is 16.5. The van der Waals surface area contributed by atoms with Crippen LogP contribution in [0.5, 0.6) is 0 Å². The Hall–Kier alpha value is -1.39. The number of carbonyl (C=O) groups is 1. The third-order valence-electron chi connectivity index (χ3n) is 5.05. The number of benzene rings is 1. The first-order chi connectivity index (χ1) is 11.2. The lowest BCUT2D eigenvalue weighted by molar-refractivity contribution is 0.0761. The monoisotopic (exact) mass is 316 g/mol. The minimum Gasteiger partial charge on any atom is -0.381 e. The summed E-state index contributed by atoms with van der Waals surface area (Å²) in [5.41, 5.74) is 2.01. The van der Waals surface area contributed by atoms with Crippen LogP contribution in [0.2, 0.25) is 0 Å². The molecule has 0 aromatic heterocycles. The van der Waals surface area contributed by atoms with Gasteiger partial charge >= 0.3 is 0 Å². The molecule has 1 aromatic rings. The molecule has 2 aliphatic heterocycles. The Kier molecular flexibility index (Phi) is 5.68. The summed E-state index contributed by atoms with van der Waals surface area (Å²) >= 11 is 0. The number of hydrogen-bond acceptors (Lipinski definition) is 3. The molecule has 0 saturated carbocycles. The molecule has 3 rings (SSSR count). The SMILES string of the molecule is Cc1ccc(C(=O)N2CCCN(CCC3CCOC3)CC2)cc1. The van der Waals surface area contributed by atoms with Gasteiger partial charge in [-0.15, -0.1) is 0 Å². The molecule has 1 unspecified atom stereocenters. The van der Waals surface area contributed by atoms with Crippen molar-refractivity contribution in [2.75, 3.05) is 45.9 Å². The van der Waals surface area contributed by atoms with E-state index in [-0.39, 0.29) is 5.91 Å². The molecule has 0 radical (unpaired) electrons. The van der Waals surface area contributed by atoms with Crippen LogP contribution in [0.15, 0.2) is 24.3 Å². The normalized spacial score (nSPS) is 23.0. The molecule has 1 aromatic carbocycles. The third-order valence-corrected chi connectivity index (χ3v) is 5.05. The molecule has 1 atom stereocenters. The Bertz CT molecular complexity index is 509. The highest BCUT2D eigenvalue weighted by molar-refractivity contribution is 5.94. The van der Waals surface area contributed by atoms with E-state index in [4.69, 9.17) is 4.74 Å². The van der Waals surface area contributed by atoms with Crippen LogP contribution in [0.1, 0.15) is 35.2 Å². The summed E-state index contributed by atoms with van der Waals surface area (Å²) < 4.78 is 5.46. The standard InChI is InChI=1S/C19H28N2O2/c1-16-3-5-18(6-4-16)19(22)21-10-2-9-20(12-13-21)11-7-17-8-14-23-15-17/h3-6,17H,2,7-15H2,1H3. The van der Waals surface area contributed by atoms with Gasteiger partial charge in [0.05, 0.1) is 0 Å². The number of carbonyl (C=O) groups excluding carboxylic acids is 1. The highest BCUT2D eigenvalue weighted by Gasteiger charge is 2.21. The van der Waals surface area contributed by atoms with E-state index in [0.29, 0.717) is 0 Å². The summed E-state index contributed by atoms with van der Waals surface area (Å²) in [7, 11) is 0. The van der Waals surface area contributed by atoms with Crippen molar-refractivity contribution >= 4 is 5.91 Å². The molecule has 126 valence electrons. The van der Waals surface area contributed by atoms with E-state index in [1.807, 2.05) is 36.1 Å². The number of ether oxygens (including phenoxy) is 1. The van der Waals surface area contributed by atoms with Crippen LogP contribution in [-0.2, 0) is 4.74 Å². The van der Waals surface area contributed by atoms with Gasteiger partial charge in [-0.25, -0.2) is 0 Å². The summed E-state index contributed by atoms with van der Waals surface area (Å²) in [5.74, 6) is 0.916. The van der Waals surface area contributed by atoms with Crippen LogP contribution < -0.4 is 0 Å². The molecule has 2 aliphatic rings. The molecular weight excluding hydrogens is 288 g/mol. The van der Waals surface area contributed by atoms with Crippen molar-refractivity contribution in [2.45, 2.75) is 26.2 Å². The molecule has 0 N–H and O–H groups in total. The van der Waals surface area contributed by atoms with Crippen LogP contribution >= 0.6 is 0 Å². The minimum absolute atomic E-state index is 0.177. The largest absolute Gasteiger partial charge is 0.381 e. The maximum absolute atomic E-state index is 12.6. The maximum Gasteiger partial charge on any atom is 0.253 e. The van der Waals surface area contributed by atoms with Gasteiger partial charge in [0, 0.05) is 38.4 Å². The lowest BCUT2D eigenvalue weighted by Gasteiger charge is -2.23. The predicted octanol–water partition coefficient (Wildman–Crippen LogP) is 2.57. The summed E-state index contributed by atoms with van der Waals surface area (Å²) in [6, 6.07) is 7.92. The highest BCUT2D eigenvalue weighted by Crippen LogP contribution is 2.17. The average molecular weight is 316 g/mol. The van der Waals surface area contributed by atoms with Crippen LogP contribution in [0.4, 0.5) is 0 Å². The zero-order valence-electron chi connectivity index (χ0n) is 14.2. The van der Waals surface area contributed by atoms with Crippen molar-refractivity contribution in [1.82, 2.24) is 9.80 Å². The molecule has 1 amide bonds. The van der Waals surface area contributed by atoms with Gasteiger partial charge in [0.2, 0.25) is 0 Å². The zero-order valence-corrected chi connectivity index (χ0v) is 14.2. The second-order valence-electron chi connectivity index (χ2n) is 6.87. The molecule has 2 fully saturated rings. The van der Waals surface area contributed by atoms with Gasteiger partial charge in [-0.05, 0) is 57.3 Å². The Morgan fingerprint density at radius 3 is 2.74 bits per heavy atom. The van der Waals surface area contributed by atoms with Crippen molar-refractivity contribution in [1.29, 1.82) is 0 Å². The average Bonchev–Trinajstić information content (AvgIpc) is 2.97. The molecule has 2 heterocycles. The van der Waals surface area contributed by atoms with Gasteiger partial charge in [0.15, 0.2) is 0 Å². The summed E-state index contributed by atoms with van der Waals surface area (Å²) in [5, 5.41) is 0. The van der Waals surface area contributed by atoms with Crippen LogP contribution in [0.3, 0.4) is 0 Å². The van der Waals surface area contributed by atoms with E-state index in [1.54, 1.807) is 0 Å². The summed E-state index contributed by atoms with van der Waals surface area (Å²) in [6.07, 6.45) is 3.51. The number of aryl methyl sites for hydroxylation is 1. The summed E-state index contributed by atoms with van der Waals surface area (Å²) in [4.78, 5) is 17.2. The van der Waals surface area contributed by atoms with Gasteiger partial charge in [0.25, 0.3) is 5.91 Å². The summed E-state index contributed by atoms with van der Waals surface area (Å²) in [6.45, 7) is 8.86. The second kappa shape index (κ2) is 7.93. The number of hydrogen-bond donors (Lipinski definition) is 0. The topological polar surface area (TPSA) is 32.8 Å². The van der Waals surface area contributed by atoms with Crippen molar-refractivity contribution in [3.63, 3.8) is 0 Å². The fourth-order valence-corrected chi connectivity index (χ4v) is 3.45. The number of nitrogens with zero attached hydrogens (tertiary/aromatic N) is 2. The maximum atomic E-state index is 12.6. The van der Waals surface area contributed by atoms with Gasteiger partial charge in [-0.3, -0.25) is 4.79 Å². The predicted molar refractivity (Wildman–Crippen MR) is 91.7 cm³/mol. The quantitative estimate of drug-likeness (QED) is 0.856. The second-order valence-corrected chi connectivity index (χ2v) is 6.87. The number of amides is 1. The van der Waals surface area contributed by atoms with Gasteiger partial charge in [-0.1, -0.05) is 17.7 Å². The van der Waals surface area contributed by atoms with E-state index in [2.05, 4.69) is 4.90 Å². The Labute approximate surface area is 139 Å². The Morgan fingerprint density at radius 2 is 2.00 bits per heavy atom. The molecule has 4 heteroatoms. The molecule has 23 heavy (non-hydrogen) atoms. The van der Waals surface area contributed by atoms with Gasteiger partial charge < -0.3 is 14.5 Å². The molecule has 0 bridgehead atoms. The fraction of sp³-hybridized carbons (Fsp3) is 0.632. The van der Waals surface area contributed by atoms with E-state index < -0.39 is 0 Å². The van der Waals surface area contributed by atoms with E-state index in [9.17, 15) is 4.79 Å². The Morgan fingerprint density at radius 1 is 1.17 bits per heavy atom. The van der Waals surface area contributed by atoms with E-state index in [0.717, 1.165) is 63.8 Å². The van der Waals surface area contributed by atoms with Crippen LogP contribution in [0.25, 0.3) is 0 Å². The van der Waals surface area contributed by atoms with Crippen molar-refractivity contribution in [2.24, 2.45) is 5.92 Å². The smallest absolute Gasteiger partial charge is 0.253 e. The molecule has 0 aliphatic carbocycles. The van der Waals surface area contributed by atoms with Crippen molar-refractivity contribution in [3.8, 4) is 0 Å². The minimum atomic E-state index is 0.177. The van der Waals surface area contributed by atoms with E-state index >= 15 is 0 Å². The first-order valence-electron chi connectivity index (χ1n) is 8.88. The van der Waals surface area contributed by atoms with Gasteiger partial charge in [0.1, 0.15) is 0 Å².